The van der Waals surface area contributed by atoms with Crippen LogP contribution in [0.1, 0.15) is 67.4 Å². The molecule has 3 aromatic heterocycles. The van der Waals surface area contributed by atoms with Gasteiger partial charge in [-0.3, -0.25) is 4.90 Å². The maximum Gasteiger partial charge on any atom is 0.343 e. The third kappa shape index (κ3) is 3.11. The van der Waals surface area contributed by atoms with Crippen LogP contribution in [0.2, 0.25) is 0 Å². The number of likely N-dealkylation sites (tertiary alicyclic amines) is 1. The van der Waals surface area contributed by atoms with Crippen molar-refractivity contribution in [1.82, 2.24) is 29.0 Å². The molecule has 0 aromatic carbocycles. The number of imidazole rings is 1. The highest BCUT2D eigenvalue weighted by molar-refractivity contribution is 5.95. The molecule has 1 unspecified atom stereocenters. The van der Waals surface area contributed by atoms with Gasteiger partial charge in [-0.05, 0) is 19.8 Å². The first kappa shape index (κ1) is 18.3. The summed E-state index contributed by atoms with van der Waals surface area (Å²) in [5.74, 6) is 0.778. The molecule has 2 aliphatic rings. The van der Waals surface area contributed by atoms with E-state index in [9.17, 15) is 4.79 Å². The Labute approximate surface area is 169 Å². The van der Waals surface area contributed by atoms with Gasteiger partial charge < -0.3 is 9.30 Å². The van der Waals surface area contributed by atoms with Crippen LogP contribution in [0.4, 0.5) is 0 Å². The minimum absolute atomic E-state index is 0.179. The summed E-state index contributed by atoms with van der Waals surface area (Å²) >= 11 is 0. The molecule has 4 heterocycles. The fraction of sp³-hybridized carbons (Fsp3) is 0.524. The molecule has 0 N–H and O–H groups in total. The number of carbonyl (C=O) groups excluding carboxylic acids is 1. The van der Waals surface area contributed by atoms with E-state index < -0.39 is 0 Å². The molecule has 1 atom stereocenters. The zero-order valence-electron chi connectivity index (χ0n) is 17.1. The Morgan fingerprint density at radius 2 is 2.10 bits per heavy atom. The number of rotatable bonds is 6. The summed E-state index contributed by atoms with van der Waals surface area (Å²) in [5.41, 5.74) is 2.16. The number of esters is 1. The quantitative estimate of drug-likeness (QED) is 0.598. The molecular formula is C21H26N6O2. The van der Waals surface area contributed by atoms with Crippen molar-refractivity contribution in [3.8, 4) is 0 Å². The second-order valence-electron chi connectivity index (χ2n) is 8.73. The van der Waals surface area contributed by atoms with Gasteiger partial charge in [-0.25, -0.2) is 19.3 Å². The lowest BCUT2D eigenvalue weighted by atomic mass is 9.74. The van der Waals surface area contributed by atoms with E-state index in [1.165, 1.54) is 24.9 Å². The molecule has 29 heavy (non-hydrogen) atoms. The SMILES string of the molecule is CCOC(=O)c1cnn2cc(CN3CC(C)(C)C3c3nccn3C3CC3)cnc12. The molecule has 0 radical (unpaired) electrons. The van der Waals surface area contributed by atoms with Crippen molar-refractivity contribution in [1.29, 1.82) is 0 Å². The van der Waals surface area contributed by atoms with Gasteiger partial charge in [0.05, 0.1) is 18.8 Å². The van der Waals surface area contributed by atoms with E-state index in [2.05, 4.69) is 39.6 Å². The predicted octanol–water partition coefficient (Wildman–Crippen LogP) is 3.02. The summed E-state index contributed by atoms with van der Waals surface area (Å²) in [6.07, 6.45) is 11.8. The van der Waals surface area contributed by atoms with Gasteiger partial charge in [-0.15, -0.1) is 0 Å². The lowest BCUT2D eigenvalue weighted by Crippen LogP contribution is -2.55. The molecule has 0 bridgehead atoms. The third-order valence-electron chi connectivity index (χ3n) is 5.89. The van der Waals surface area contributed by atoms with E-state index in [1.807, 2.05) is 18.6 Å². The number of ether oxygens (including phenoxy) is 1. The number of fused-ring (bicyclic) bond motifs is 1. The van der Waals surface area contributed by atoms with Gasteiger partial charge in [0, 0.05) is 54.9 Å². The largest absolute Gasteiger partial charge is 0.462 e. The highest BCUT2D eigenvalue weighted by Gasteiger charge is 2.49. The molecule has 0 spiro atoms. The fourth-order valence-electron chi connectivity index (χ4n) is 4.52. The molecule has 1 aliphatic heterocycles. The average Bonchev–Trinajstić information content (AvgIpc) is 3.26. The van der Waals surface area contributed by atoms with Crippen LogP contribution in [0.5, 0.6) is 0 Å². The van der Waals surface area contributed by atoms with Crippen molar-refractivity contribution >= 4 is 11.6 Å². The molecule has 3 aromatic rings. The van der Waals surface area contributed by atoms with Crippen LogP contribution < -0.4 is 0 Å². The molecule has 5 rings (SSSR count). The molecule has 8 heteroatoms. The van der Waals surface area contributed by atoms with Gasteiger partial charge in [-0.2, -0.15) is 5.10 Å². The van der Waals surface area contributed by atoms with Crippen molar-refractivity contribution < 1.29 is 9.53 Å². The Morgan fingerprint density at radius 1 is 1.28 bits per heavy atom. The summed E-state index contributed by atoms with van der Waals surface area (Å²) in [5, 5.41) is 4.30. The van der Waals surface area contributed by atoms with Crippen molar-refractivity contribution in [2.45, 2.75) is 52.2 Å². The van der Waals surface area contributed by atoms with Gasteiger partial charge in [0.1, 0.15) is 11.4 Å². The van der Waals surface area contributed by atoms with Gasteiger partial charge in [-0.1, -0.05) is 13.8 Å². The average molecular weight is 394 g/mol. The molecule has 1 aliphatic carbocycles. The first-order valence-corrected chi connectivity index (χ1v) is 10.2. The molecule has 0 amide bonds. The molecular weight excluding hydrogens is 368 g/mol. The van der Waals surface area contributed by atoms with E-state index in [4.69, 9.17) is 9.72 Å². The number of hydrogen-bond donors (Lipinski definition) is 0. The highest BCUT2D eigenvalue weighted by Crippen LogP contribution is 2.50. The van der Waals surface area contributed by atoms with E-state index in [-0.39, 0.29) is 17.4 Å². The number of carbonyl (C=O) groups is 1. The summed E-state index contributed by atoms with van der Waals surface area (Å²) in [7, 11) is 0. The molecule has 2 fully saturated rings. The smallest absolute Gasteiger partial charge is 0.343 e. The van der Waals surface area contributed by atoms with Crippen LogP contribution in [0, 0.1) is 5.41 Å². The Bertz CT molecular complexity index is 1060. The van der Waals surface area contributed by atoms with Crippen LogP contribution in [0.3, 0.4) is 0 Å². The van der Waals surface area contributed by atoms with Crippen LogP contribution in [-0.2, 0) is 11.3 Å². The number of aromatic nitrogens is 5. The second-order valence-corrected chi connectivity index (χ2v) is 8.73. The van der Waals surface area contributed by atoms with Crippen molar-refractivity contribution in [2.75, 3.05) is 13.2 Å². The summed E-state index contributed by atoms with van der Waals surface area (Å²) in [6, 6.07) is 0.899. The topological polar surface area (TPSA) is 77.5 Å². The maximum atomic E-state index is 12.0. The third-order valence-corrected chi connectivity index (χ3v) is 5.89. The minimum atomic E-state index is -0.390. The van der Waals surface area contributed by atoms with Gasteiger partial charge in [0.2, 0.25) is 0 Å². The van der Waals surface area contributed by atoms with Gasteiger partial charge >= 0.3 is 5.97 Å². The summed E-state index contributed by atoms with van der Waals surface area (Å²) < 4.78 is 9.10. The molecule has 1 saturated heterocycles. The zero-order valence-corrected chi connectivity index (χ0v) is 17.1. The van der Waals surface area contributed by atoms with E-state index >= 15 is 0 Å². The van der Waals surface area contributed by atoms with E-state index in [1.54, 1.807) is 11.4 Å². The lowest BCUT2D eigenvalue weighted by molar-refractivity contribution is -0.0655. The Balaban J connectivity index is 1.39. The van der Waals surface area contributed by atoms with Gasteiger partial charge in [0.15, 0.2) is 5.65 Å². The monoisotopic (exact) mass is 394 g/mol. The zero-order chi connectivity index (χ0) is 20.2. The van der Waals surface area contributed by atoms with Crippen LogP contribution >= 0.6 is 0 Å². The van der Waals surface area contributed by atoms with E-state index in [0.29, 0.717) is 23.9 Å². The maximum absolute atomic E-state index is 12.0. The number of hydrogen-bond acceptors (Lipinski definition) is 6. The lowest BCUT2D eigenvalue weighted by Gasteiger charge is -2.54. The first-order valence-electron chi connectivity index (χ1n) is 10.2. The molecule has 1 saturated carbocycles. The van der Waals surface area contributed by atoms with Crippen LogP contribution in [0.15, 0.2) is 31.0 Å². The predicted molar refractivity (Wildman–Crippen MR) is 106 cm³/mol. The van der Waals surface area contributed by atoms with Crippen LogP contribution in [-0.4, -0.2) is 48.2 Å². The van der Waals surface area contributed by atoms with Crippen LogP contribution in [0.25, 0.3) is 5.65 Å². The fourth-order valence-corrected chi connectivity index (χ4v) is 4.52. The van der Waals surface area contributed by atoms with Crippen molar-refractivity contribution in [3.63, 3.8) is 0 Å². The summed E-state index contributed by atoms with van der Waals surface area (Å²) in [4.78, 5) is 23.7. The first-order chi connectivity index (χ1) is 14.0. The summed E-state index contributed by atoms with van der Waals surface area (Å²) in [6.45, 7) is 8.50. The Kier molecular flexibility index (Phi) is 4.20. The van der Waals surface area contributed by atoms with Gasteiger partial charge in [0.25, 0.3) is 0 Å². The Hall–Kier alpha value is -2.74. The van der Waals surface area contributed by atoms with E-state index in [0.717, 1.165) is 18.7 Å². The molecule has 8 nitrogen and oxygen atoms in total. The molecule has 152 valence electrons. The normalized spacial score (nSPS) is 21.3. The number of nitrogens with zero attached hydrogens (tertiary/aromatic N) is 6. The Morgan fingerprint density at radius 3 is 2.83 bits per heavy atom. The highest BCUT2D eigenvalue weighted by atomic mass is 16.5. The minimum Gasteiger partial charge on any atom is -0.462 e. The standard InChI is InChI=1S/C21H26N6O2/c1-4-29-20(28)16-10-24-27-12-14(9-23-18(16)27)11-25-13-21(2,3)17(25)19-22-7-8-26(19)15-5-6-15/h7-10,12,15,17H,4-6,11,13H2,1-3H3. The van der Waals surface area contributed by atoms with Crippen molar-refractivity contribution in [2.24, 2.45) is 5.41 Å². The van der Waals surface area contributed by atoms with Crippen molar-refractivity contribution in [3.05, 3.63) is 47.9 Å². The second kappa shape index (κ2) is 6.66.